The van der Waals surface area contributed by atoms with E-state index in [1.807, 2.05) is 0 Å². The summed E-state index contributed by atoms with van der Waals surface area (Å²) in [5.74, 6) is -0.863. The van der Waals surface area contributed by atoms with E-state index in [0.717, 1.165) is 16.1 Å². The Morgan fingerprint density at radius 2 is 1.96 bits per heavy atom. The van der Waals surface area contributed by atoms with E-state index in [-0.39, 0.29) is 16.3 Å². The summed E-state index contributed by atoms with van der Waals surface area (Å²) >= 11 is 5.91. The Morgan fingerprint density at radius 3 is 2.65 bits per heavy atom. The number of methoxy groups -OCH3 is 1. The van der Waals surface area contributed by atoms with Crippen LogP contribution < -0.4 is 10.5 Å². The lowest BCUT2D eigenvalue weighted by Crippen LogP contribution is -2.14. The van der Waals surface area contributed by atoms with E-state index in [1.165, 1.54) is 13.3 Å². The standard InChI is InChI=1S/C15H12ClFN2O3S/c1-22-14-7-11(17)12(18)8-15(14)23(20,21)19-5-4-9-6-10(16)2-3-13(9)19/h2-8H,18H2,1H3. The lowest BCUT2D eigenvalue weighted by atomic mass is 10.2. The van der Waals surface area contributed by atoms with E-state index in [4.69, 9.17) is 22.1 Å². The molecule has 1 heterocycles. The van der Waals surface area contributed by atoms with Crippen LogP contribution in [-0.4, -0.2) is 19.5 Å². The first kappa shape index (κ1) is 15.6. The zero-order valence-electron chi connectivity index (χ0n) is 12.0. The first-order valence-electron chi connectivity index (χ1n) is 6.50. The van der Waals surface area contributed by atoms with E-state index in [0.29, 0.717) is 15.9 Å². The number of nitrogens with zero attached hydrogens (tertiary/aromatic N) is 1. The normalized spacial score (nSPS) is 11.8. The number of nitrogens with two attached hydrogens (primary N) is 1. The summed E-state index contributed by atoms with van der Waals surface area (Å²) in [6, 6.07) is 8.45. The van der Waals surface area contributed by atoms with Crippen molar-refractivity contribution in [3.63, 3.8) is 0 Å². The van der Waals surface area contributed by atoms with Crippen molar-refractivity contribution in [2.45, 2.75) is 4.90 Å². The van der Waals surface area contributed by atoms with Gasteiger partial charge in [-0.1, -0.05) is 11.6 Å². The van der Waals surface area contributed by atoms with Gasteiger partial charge in [-0.15, -0.1) is 0 Å². The van der Waals surface area contributed by atoms with Crippen molar-refractivity contribution in [1.82, 2.24) is 3.97 Å². The van der Waals surface area contributed by atoms with Crippen molar-refractivity contribution >= 4 is 38.2 Å². The van der Waals surface area contributed by atoms with Crippen molar-refractivity contribution in [1.29, 1.82) is 0 Å². The first-order valence-corrected chi connectivity index (χ1v) is 8.31. The molecule has 2 N–H and O–H groups in total. The number of rotatable bonds is 3. The summed E-state index contributed by atoms with van der Waals surface area (Å²) in [6.07, 6.45) is 1.40. The largest absolute Gasteiger partial charge is 0.495 e. The van der Waals surface area contributed by atoms with Crippen LogP contribution in [0.15, 0.2) is 47.5 Å². The van der Waals surface area contributed by atoms with Crippen LogP contribution in [-0.2, 0) is 10.0 Å². The highest BCUT2D eigenvalue weighted by molar-refractivity contribution is 7.90. The number of halogens is 2. The molecular formula is C15H12ClFN2O3S. The van der Waals surface area contributed by atoms with Gasteiger partial charge in [0.1, 0.15) is 16.5 Å². The molecule has 0 saturated carbocycles. The minimum Gasteiger partial charge on any atom is -0.495 e. The van der Waals surface area contributed by atoms with Gasteiger partial charge in [0, 0.05) is 22.7 Å². The van der Waals surface area contributed by atoms with Crippen molar-refractivity contribution in [3.8, 4) is 5.75 Å². The molecule has 0 fully saturated rings. The lowest BCUT2D eigenvalue weighted by molar-refractivity contribution is 0.399. The average Bonchev–Trinajstić information content (AvgIpc) is 2.93. The van der Waals surface area contributed by atoms with Crippen LogP contribution >= 0.6 is 11.6 Å². The van der Waals surface area contributed by atoms with Crippen LogP contribution in [0.1, 0.15) is 0 Å². The van der Waals surface area contributed by atoms with E-state index in [1.54, 1.807) is 24.3 Å². The molecule has 0 radical (unpaired) electrons. The molecule has 0 spiro atoms. The number of hydrogen-bond donors (Lipinski definition) is 1. The summed E-state index contributed by atoms with van der Waals surface area (Å²) < 4.78 is 45.4. The molecule has 1 aromatic heterocycles. The summed E-state index contributed by atoms with van der Waals surface area (Å²) in [4.78, 5) is -0.216. The van der Waals surface area contributed by atoms with Gasteiger partial charge in [0.05, 0.1) is 18.3 Å². The third-order valence-corrected chi connectivity index (χ3v) is 5.38. The smallest absolute Gasteiger partial charge is 0.271 e. The van der Waals surface area contributed by atoms with Crippen LogP contribution in [0.2, 0.25) is 5.02 Å². The monoisotopic (exact) mass is 354 g/mol. The van der Waals surface area contributed by atoms with E-state index in [9.17, 15) is 12.8 Å². The highest BCUT2D eigenvalue weighted by atomic mass is 35.5. The summed E-state index contributed by atoms with van der Waals surface area (Å²) in [6.45, 7) is 0. The summed E-state index contributed by atoms with van der Waals surface area (Å²) in [7, 11) is -2.75. The third kappa shape index (κ3) is 2.51. The highest BCUT2D eigenvalue weighted by Crippen LogP contribution is 2.32. The molecule has 5 nitrogen and oxygen atoms in total. The minimum absolute atomic E-state index is 0.118. The molecule has 0 aliphatic carbocycles. The number of nitrogen functional groups attached to an aromatic ring is 1. The number of benzene rings is 2. The summed E-state index contributed by atoms with van der Waals surface area (Å²) in [5, 5.41) is 1.16. The molecule has 8 heteroatoms. The van der Waals surface area contributed by atoms with Crippen LogP contribution in [0.3, 0.4) is 0 Å². The predicted molar refractivity (Wildman–Crippen MR) is 86.9 cm³/mol. The number of fused-ring (bicyclic) bond motifs is 1. The molecular weight excluding hydrogens is 343 g/mol. The quantitative estimate of drug-likeness (QED) is 0.732. The Labute approximate surface area is 137 Å². The maximum atomic E-state index is 13.6. The Balaban J connectivity index is 2.28. The Bertz CT molecular complexity index is 1010. The molecule has 2 aromatic carbocycles. The SMILES string of the molecule is COc1cc(F)c(N)cc1S(=O)(=O)n1ccc2cc(Cl)ccc21. The van der Waals surface area contributed by atoms with Gasteiger partial charge in [0.2, 0.25) is 0 Å². The molecule has 0 atom stereocenters. The Hall–Kier alpha value is -2.25. The van der Waals surface area contributed by atoms with Gasteiger partial charge in [-0.25, -0.2) is 16.8 Å². The van der Waals surface area contributed by atoms with Crippen molar-refractivity contribution in [3.05, 3.63) is 53.4 Å². The lowest BCUT2D eigenvalue weighted by Gasteiger charge is -2.12. The Morgan fingerprint density at radius 1 is 1.22 bits per heavy atom. The fourth-order valence-corrected chi connectivity index (χ4v) is 4.03. The predicted octanol–water partition coefficient (Wildman–Crippen LogP) is 3.26. The molecule has 0 unspecified atom stereocenters. The molecule has 0 aliphatic heterocycles. The topological polar surface area (TPSA) is 74.3 Å². The first-order chi connectivity index (χ1) is 10.8. The molecule has 3 rings (SSSR count). The van der Waals surface area contributed by atoms with Crippen molar-refractivity contribution < 1.29 is 17.5 Å². The molecule has 3 aromatic rings. The number of ether oxygens (including phenoxy) is 1. The second-order valence-corrected chi connectivity index (χ2v) is 7.06. The highest BCUT2D eigenvalue weighted by Gasteiger charge is 2.25. The molecule has 0 saturated heterocycles. The average molecular weight is 355 g/mol. The van der Waals surface area contributed by atoms with Gasteiger partial charge in [-0.05, 0) is 30.3 Å². The second kappa shape index (κ2) is 5.43. The van der Waals surface area contributed by atoms with Gasteiger partial charge in [-0.3, -0.25) is 0 Å². The van der Waals surface area contributed by atoms with E-state index < -0.39 is 15.8 Å². The maximum Gasteiger partial charge on any atom is 0.271 e. The molecule has 120 valence electrons. The van der Waals surface area contributed by atoms with Crippen LogP contribution in [0.5, 0.6) is 5.75 Å². The zero-order chi connectivity index (χ0) is 16.8. The second-order valence-electron chi connectivity index (χ2n) is 4.84. The van der Waals surface area contributed by atoms with E-state index in [2.05, 4.69) is 0 Å². The van der Waals surface area contributed by atoms with Crippen LogP contribution in [0, 0.1) is 5.82 Å². The number of aromatic nitrogens is 1. The van der Waals surface area contributed by atoms with Gasteiger partial charge < -0.3 is 10.5 Å². The van der Waals surface area contributed by atoms with Crippen molar-refractivity contribution in [2.24, 2.45) is 0 Å². The fourth-order valence-electron chi connectivity index (χ4n) is 2.32. The molecule has 23 heavy (non-hydrogen) atoms. The molecule has 0 amide bonds. The fraction of sp³-hybridized carbons (Fsp3) is 0.0667. The summed E-state index contributed by atoms with van der Waals surface area (Å²) in [5.41, 5.74) is 5.67. The third-order valence-electron chi connectivity index (χ3n) is 3.44. The molecule has 0 bridgehead atoms. The van der Waals surface area contributed by atoms with Gasteiger partial charge in [0.25, 0.3) is 10.0 Å². The van der Waals surface area contributed by atoms with Crippen molar-refractivity contribution in [2.75, 3.05) is 12.8 Å². The van der Waals surface area contributed by atoms with Gasteiger partial charge in [-0.2, -0.15) is 0 Å². The Kier molecular flexibility index (Phi) is 3.69. The van der Waals surface area contributed by atoms with Gasteiger partial charge >= 0.3 is 0 Å². The zero-order valence-corrected chi connectivity index (χ0v) is 13.5. The van der Waals surface area contributed by atoms with Crippen LogP contribution in [0.4, 0.5) is 10.1 Å². The number of anilines is 1. The maximum absolute atomic E-state index is 13.6. The van der Waals surface area contributed by atoms with E-state index >= 15 is 0 Å². The minimum atomic E-state index is -4.02. The number of hydrogen-bond acceptors (Lipinski definition) is 4. The molecule has 0 aliphatic rings. The van der Waals surface area contributed by atoms with Crippen LogP contribution in [0.25, 0.3) is 10.9 Å². The van der Waals surface area contributed by atoms with Gasteiger partial charge in [0.15, 0.2) is 0 Å².